The highest BCUT2D eigenvalue weighted by molar-refractivity contribution is 5.73. The van der Waals surface area contributed by atoms with Crippen LogP contribution < -0.4 is 15.4 Å². The molecule has 0 radical (unpaired) electrons. The highest BCUT2D eigenvalue weighted by Gasteiger charge is 2.28. The normalized spacial score (nSPS) is 16.0. The lowest BCUT2D eigenvalue weighted by molar-refractivity contribution is -0.00874. The van der Waals surface area contributed by atoms with E-state index in [1.807, 2.05) is 24.3 Å². The fourth-order valence-corrected chi connectivity index (χ4v) is 2.57. The van der Waals surface area contributed by atoms with E-state index in [1.165, 1.54) is 0 Å². The summed E-state index contributed by atoms with van der Waals surface area (Å²) in [6.07, 6.45) is 0. The number of amides is 2. The molecule has 6 heteroatoms. The number of morpholine rings is 1. The van der Waals surface area contributed by atoms with E-state index in [-0.39, 0.29) is 11.6 Å². The molecule has 6 nitrogen and oxygen atoms in total. The highest BCUT2D eigenvalue weighted by Crippen LogP contribution is 2.15. The molecule has 1 saturated heterocycles. The summed E-state index contributed by atoms with van der Waals surface area (Å²) in [7, 11) is 1.64. The first-order valence-corrected chi connectivity index (χ1v) is 7.99. The van der Waals surface area contributed by atoms with E-state index in [2.05, 4.69) is 29.4 Å². The van der Waals surface area contributed by atoms with E-state index in [1.54, 1.807) is 7.11 Å². The van der Waals surface area contributed by atoms with Gasteiger partial charge in [-0.25, -0.2) is 4.79 Å². The molecule has 1 fully saturated rings. The van der Waals surface area contributed by atoms with Gasteiger partial charge in [-0.05, 0) is 31.5 Å². The summed E-state index contributed by atoms with van der Waals surface area (Å²) in [5.41, 5.74) is 0.953. The number of methoxy groups -OCH3 is 1. The van der Waals surface area contributed by atoms with E-state index >= 15 is 0 Å². The van der Waals surface area contributed by atoms with Crippen LogP contribution >= 0.6 is 0 Å². The Morgan fingerprint density at radius 2 is 1.87 bits per heavy atom. The quantitative estimate of drug-likeness (QED) is 0.835. The van der Waals surface area contributed by atoms with Crippen molar-refractivity contribution < 1.29 is 14.3 Å². The highest BCUT2D eigenvalue weighted by atomic mass is 16.5. The van der Waals surface area contributed by atoms with Crippen LogP contribution in [0.25, 0.3) is 0 Å². The molecule has 1 aliphatic heterocycles. The number of nitrogens with zero attached hydrogens (tertiary/aromatic N) is 1. The Kier molecular flexibility index (Phi) is 6.24. The SMILES string of the molecule is COc1ccc(CNC(=O)NCC(C)(C)N2CCOCC2)cc1. The van der Waals surface area contributed by atoms with Crippen molar-refractivity contribution in [2.24, 2.45) is 0 Å². The van der Waals surface area contributed by atoms with Gasteiger partial charge in [0.1, 0.15) is 5.75 Å². The van der Waals surface area contributed by atoms with Crippen LogP contribution in [0.15, 0.2) is 24.3 Å². The monoisotopic (exact) mass is 321 g/mol. The minimum absolute atomic E-state index is 0.0821. The maximum Gasteiger partial charge on any atom is 0.315 e. The van der Waals surface area contributed by atoms with Crippen molar-refractivity contribution >= 4 is 6.03 Å². The van der Waals surface area contributed by atoms with Crippen LogP contribution in [0.4, 0.5) is 4.79 Å². The second kappa shape index (κ2) is 8.17. The number of hydrogen-bond acceptors (Lipinski definition) is 4. The van der Waals surface area contributed by atoms with Crippen molar-refractivity contribution in [2.45, 2.75) is 25.9 Å². The third-order valence-electron chi connectivity index (χ3n) is 4.16. The summed E-state index contributed by atoms with van der Waals surface area (Å²) < 4.78 is 10.5. The van der Waals surface area contributed by atoms with Gasteiger partial charge in [0.15, 0.2) is 0 Å². The molecule has 2 N–H and O–H groups in total. The van der Waals surface area contributed by atoms with Crippen molar-refractivity contribution in [3.63, 3.8) is 0 Å². The number of nitrogens with one attached hydrogen (secondary N) is 2. The number of benzene rings is 1. The molecule has 0 bridgehead atoms. The summed E-state index contributed by atoms with van der Waals surface area (Å²) in [6, 6.07) is 7.50. The number of hydrogen-bond donors (Lipinski definition) is 2. The zero-order chi connectivity index (χ0) is 16.7. The summed E-state index contributed by atoms with van der Waals surface area (Å²) in [6.45, 7) is 8.70. The second-order valence-corrected chi connectivity index (χ2v) is 6.30. The Bertz CT molecular complexity index is 496. The van der Waals surface area contributed by atoms with Gasteiger partial charge < -0.3 is 20.1 Å². The van der Waals surface area contributed by atoms with Crippen LogP contribution in [-0.4, -0.2) is 56.4 Å². The van der Waals surface area contributed by atoms with Crippen LogP contribution in [0.2, 0.25) is 0 Å². The predicted octanol–water partition coefficient (Wildman–Crippen LogP) is 1.61. The maximum absolute atomic E-state index is 12.0. The first-order valence-electron chi connectivity index (χ1n) is 7.99. The molecular formula is C17H27N3O3. The molecule has 0 spiro atoms. The number of carbonyl (C=O) groups excluding carboxylic acids is 1. The number of rotatable bonds is 6. The number of ether oxygens (including phenoxy) is 2. The van der Waals surface area contributed by atoms with Gasteiger partial charge in [0.25, 0.3) is 0 Å². The molecule has 0 saturated carbocycles. The predicted molar refractivity (Wildman–Crippen MR) is 89.7 cm³/mol. The van der Waals surface area contributed by atoms with Gasteiger partial charge in [-0.3, -0.25) is 4.90 Å². The van der Waals surface area contributed by atoms with Crippen LogP contribution in [0.1, 0.15) is 19.4 Å². The van der Waals surface area contributed by atoms with Crippen LogP contribution in [0, 0.1) is 0 Å². The largest absolute Gasteiger partial charge is 0.497 e. The molecular weight excluding hydrogens is 294 g/mol. The zero-order valence-corrected chi connectivity index (χ0v) is 14.2. The molecule has 2 amide bonds. The first-order chi connectivity index (χ1) is 11.0. The van der Waals surface area contributed by atoms with Crippen molar-refractivity contribution in [1.82, 2.24) is 15.5 Å². The van der Waals surface area contributed by atoms with Gasteiger partial charge in [0.2, 0.25) is 0 Å². The van der Waals surface area contributed by atoms with E-state index in [4.69, 9.17) is 9.47 Å². The third kappa shape index (κ3) is 5.41. The van der Waals surface area contributed by atoms with Gasteiger partial charge in [-0.15, -0.1) is 0 Å². The van der Waals surface area contributed by atoms with Crippen molar-refractivity contribution in [2.75, 3.05) is 40.0 Å². The minimum Gasteiger partial charge on any atom is -0.497 e. The molecule has 1 aliphatic rings. The summed E-state index contributed by atoms with van der Waals surface area (Å²) in [4.78, 5) is 14.3. The fraction of sp³-hybridized carbons (Fsp3) is 0.588. The second-order valence-electron chi connectivity index (χ2n) is 6.30. The minimum atomic E-state index is -0.151. The van der Waals surface area contributed by atoms with Crippen molar-refractivity contribution in [1.29, 1.82) is 0 Å². The van der Waals surface area contributed by atoms with Crippen molar-refractivity contribution in [3.8, 4) is 5.75 Å². The molecule has 23 heavy (non-hydrogen) atoms. The number of urea groups is 1. The molecule has 128 valence electrons. The van der Waals surface area contributed by atoms with Gasteiger partial charge >= 0.3 is 6.03 Å². The Morgan fingerprint density at radius 1 is 1.22 bits per heavy atom. The van der Waals surface area contributed by atoms with E-state index in [0.717, 1.165) is 37.6 Å². The molecule has 0 aromatic heterocycles. The van der Waals surface area contributed by atoms with E-state index < -0.39 is 0 Å². The lowest BCUT2D eigenvalue weighted by atomic mass is 10.0. The lowest BCUT2D eigenvalue weighted by Gasteiger charge is -2.40. The number of carbonyl (C=O) groups is 1. The average Bonchev–Trinajstić information content (AvgIpc) is 2.59. The average molecular weight is 321 g/mol. The van der Waals surface area contributed by atoms with Crippen LogP contribution in [0.5, 0.6) is 5.75 Å². The van der Waals surface area contributed by atoms with Gasteiger partial charge in [-0.1, -0.05) is 12.1 Å². The Balaban J connectivity index is 1.73. The fourth-order valence-electron chi connectivity index (χ4n) is 2.57. The van der Waals surface area contributed by atoms with E-state index in [9.17, 15) is 4.79 Å². The molecule has 0 aliphatic carbocycles. The molecule has 1 aromatic carbocycles. The Labute approximate surface area is 138 Å². The van der Waals surface area contributed by atoms with Crippen LogP contribution in [0.3, 0.4) is 0 Å². The van der Waals surface area contributed by atoms with Crippen molar-refractivity contribution in [3.05, 3.63) is 29.8 Å². The first kappa shape index (κ1) is 17.6. The summed E-state index contributed by atoms with van der Waals surface area (Å²) in [5, 5.41) is 5.83. The standard InChI is InChI=1S/C17H27N3O3/c1-17(2,20-8-10-23-11-9-20)13-19-16(21)18-12-14-4-6-15(22-3)7-5-14/h4-7H,8-13H2,1-3H3,(H2,18,19,21). The topological polar surface area (TPSA) is 62.8 Å². The summed E-state index contributed by atoms with van der Waals surface area (Å²) in [5.74, 6) is 0.811. The summed E-state index contributed by atoms with van der Waals surface area (Å²) >= 11 is 0. The van der Waals surface area contributed by atoms with Gasteiger partial charge in [0, 0.05) is 31.7 Å². The Hall–Kier alpha value is -1.79. The molecule has 0 atom stereocenters. The maximum atomic E-state index is 12.0. The van der Waals surface area contributed by atoms with Crippen LogP contribution in [-0.2, 0) is 11.3 Å². The molecule has 2 rings (SSSR count). The Morgan fingerprint density at radius 3 is 2.48 bits per heavy atom. The van der Waals surface area contributed by atoms with Gasteiger partial charge in [0.05, 0.1) is 20.3 Å². The lowest BCUT2D eigenvalue weighted by Crippen LogP contribution is -2.56. The third-order valence-corrected chi connectivity index (χ3v) is 4.16. The molecule has 0 unspecified atom stereocenters. The van der Waals surface area contributed by atoms with Gasteiger partial charge in [-0.2, -0.15) is 0 Å². The molecule has 1 heterocycles. The smallest absolute Gasteiger partial charge is 0.315 e. The molecule has 1 aromatic rings. The van der Waals surface area contributed by atoms with E-state index in [0.29, 0.717) is 13.1 Å². The zero-order valence-electron chi connectivity index (χ0n) is 14.2.